The second-order valence-corrected chi connectivity index (χ2v) is 5.35. The maximum Gasteiger partial charge on any atom is 0.122 e. The molecule has 1 N–H and O–H groups in total. The fraction of sp³-hybridized carbons (Fsp3) is 0.769. The molecule has 2 rings (SSSR count). The summed E-state index contributed by atoms with van der Waals surface area (Å²) in [5.74, 6) is 1.85. The van der Waals surface area contributed by atoms with Gasteiger partial charge in [0.15, 0.2) is 0 Å². The summed E-state index contributed by atoms with van der Waals surface area (Å²) in [7, 11) is 2.07. The van der Waals surface area contributed by atoms with Gasteiger partial charge in [-0.3, -0.25) is 4.90 Å². The van der Waals surface area contributed by atoms with Crippen molar-refractivity contribution in [1.82, 2.24) is 19.8 Å². The molecule has 1 aromatic heterocycles. The van der Waals surface area contributed by atoms with Crippen LogP contribution in [0.2, 0.25) is 0 Å². The lowest BCUT2D eigenvalue weighted by atomic mass is 10.0. The van der Waals surface area contributed by atoms with E-state index in [1.54, 1.807) is 0 Å². The molecule has 1 atom stereocenters. The van der Waals surface area contributed by atoms with Crippen LogP contribution in [0.4, 0.5) is 0 Å². The third-order valence-electron chi connectivity index (χ3n) is 3.60. The number of nitrogens with one attached hydrogen (secondary N) is 1. The monoisotopic (exact) mass is 236 g/mol. The molecule has 0 bridgehead atoms. The molecule has 1 aliphatic rings. The quantitative estimate of drug-likeness (QED) is 0.857. The predicted molar refractivity (Wildman–Crippen MR) is 69.7 cm³/mol. The molecule has 0 saturated carbocycles. The number of aryl methyl sites for hydroxylation is 1. The fourth-order valence-electron chi connectivity index (χ4n) is 2.36. The van der Waals surface area contributed by atoms with E-state index >= 15 is 0 Å². The van der Waals surface area contributed by atoms with Gasteiger partial charge in [0.2, 0.25) is 0 Å². The van der Waals surface area contributed by atoms with E-state index in [1.165, 1.54) is 13.0 Å². The first-order valence-corrected chi connectivity index (χ1v) is 6.58. The van der Waals surface area contributed by atoms with Crippen molar-refractivity contribution in [3.8, 4) is 0 Å². The first-order chi connectivity index (χ1) is 8.16. The molecule has 0 aromatic carbocycles. The van der Waals surface area contributed by atoms with Crippen LogP contribution in [0.15, 0.2) is 12.4 Å². The van der Waals surface area contributed by atoms with Crippen molar-refractivity contribution in [2.45, 2.75) is 32.9 Å². The summed E-state index contributed by atoms with van der Waals surface area (Å²) in [5.41, 5.74) is 0. The van der Waals surface area contributed by atoms with Crippen LogP contribution in [0.1, 0.15) is 26.1 Å². The van der Waals surface area contributed by atoms with E-state index in [0.29, 0.717) is 12.0 Å². The van der Waals surface area contributed by atoms with Gasteiger partial charge in [-0.05, 0) is 25.4 Å². The molecule has 0 aliphatic carbocycles. The molecule has 1 unspecified atom stereocenters. The lowest BCUT2D eigenvalue weighted by Gasteiger charge is -2.26. The highest BCUT2D eigenvalue weighted by Crippen LogP contribution is 2.11. The third kappa shape index (κ3) is 3.30. The summed E-state index contributed by atoms with van der Waals surface area (Å²) in [4.78, 5) is 6.93. The summed E-state index contributed by atoms with van der Waals surface area (Å²) in [6, 6.07) is 0.609. The summed E-state index contributed by atoms with van der Waals surface area (Å²) in [6.45, 7) is 8.99. The molecule has 4 heteroatoms. The van der Waals surface area contributed by atoms with E-state index < -0.39 is 0 Å². The van der Waals surface area contributed by atoms with Crippen LogP contribution in [0, 0.1) is 5.92 Å². The Hall–Kier alpha value is -0.870. The number of rotatable bonds is 3. The van der Waals surface area contributed by atoms with Gasteiger partial charge in [0.05, 0.1) is 6.54 Å². The Morgan fingerprint density at radius 2 is 2.35 bits per heavy atom. The highest BCUT2D eigenvalue weighted by atomic mass is 15.2. The summed E-state index contributed by atoms with van der Waals surface area (Å²) < 4.78 is 2.11. The van der Waals surface area contributed by atoms with Gasteiger partial charge in [-0.25, -0.2) is 4.98 Å². The van der Waals surface area contributed by atoms with Crippen LogP contribution in [-0.2, 0) is 13.6 Å². The van der Waals surface area contributed by atoms with Gasteiger partial charge in [0.1, 0.15) is 5.82 Å². The van der Waals surface area contributed by atoms with Gasteiger partial charge >= 0.3 is 0 Å². The minimum atomic E-state index is 0.609. The SMILES string of the molecule is CC(C)C1CN(Cc2nccn2C)CCCN1. The second kappa shape index (κ2) is 5.65. The highest BCUT2D eigenvalue weighted by Gasteiger charge is 2.20. The van der Waals surface area contributed by atoms with Crippen LogP contribution in [0.25, 0.3) is 0 Å². The van der Waals surface area contributed by atoms with E-state index in [2.05, 4.69) is 40.7 Å². The maximum atomic E-state index is 4.41. The molecule has 0 amide bonds. The lowest BCUT2D eigenvalue weighted by molar-refractivity contribution is 0.231. The van der Waals surface area contributed by atoms with Gasteiger partial charge in [-0.1, -0.05) is 13.8 Å². The zero-order chi connectivity index (χ0) is 12.3. The Balaban J connectivity index is 1.97. The van der Waals surface area contributed by atoms with Crippen LogP contribution in [0.5, 0.6) is 0 Å². The normalized spacial score (nSPS) is 22.9. The van der Waals surface area contributed by atoms with Crippen LogP contribution >= 0.6 is 0 Å². The molecule has 2 heterocycles. The smallest absolute Gasteiger partial charge is 0.122 e. The van der Waals surface area contributed by atoms with Gasteiger partial charge in [0.25, 0.3) is 0 Å². The molecule has 1 aromatic rings. The van der Waals surface area contributed by atoms with Crippen LogP contribution in [-0.4, -0.2) is 40.1 Å². The Labute approximate surface area is 104 Å². The molecule has 1 fully saturated rings. The molecule has 17 heavy (non-hydrogen) atoms. The van der Waals surface area contributed by atoms with Crippen molar-refractivity contribution < 1.29 is 0 Å². The molecule has 96 valence electrons. The summed E-state index contributed by atoms with van der Waals surface area (Å²) in [5, 5.41) is 3.64. The topological polar surface area (TPSA) is 33.1 Å². The minimum absolute atomic E-state index is 0.609. The predicted octanol–water partition coefficient (Wildman–Crippen LogP) is 1.24. The zero-order valence-electron chi connectivity index (χ0n) is 11.2. The summed E-state index contributed by atoms with van der Waals surface area (Å²) >= 11 is 0. The molecule has 1 aliphatic heterocycles. The Morgan fingerprint density at radius 3 is 3.00 bits per heavy atom. The number of hydrogen-bond donors (Lipinski definition) is 1. The van der Waals surface area contributed by atoms with Gasteiger partial charge in [0, 0.05) is 32.0 Å². The standard InChI is InChI=1S/C13H24N4/c1-11(2)12-9-17(7-4-5-14-12)10-13-15-6-8-16(13)3/h6,8,11-12,14H,4-5,7,9-10H2,1-3H3. The van der Waals surface area contributed by atoms with Crippen LogP contribution in [0.3, 0.4) is 0 Å². The van der Waals surface area contributed by atoms with Gasteiger partial charge < -0.3 is 9.88 Å². The van der Waals surface area contributed by atoms with Crippen molar-refractivity contribution >= 4 is 0 Å². The van der Waals surface area contributed by atoms with Crippen molar-refractivity contribution in [1.29, 1.82) is 0 Å². The average molecular weight is 236 g/mol. The maximum absolute atomic E-state index is 4.41. The zero-order valence-corrected chi connectivity index (χ0v) is 11.2. The molecule has 0 spiro atoms. The summed E-state index contributed by atoms with van der Waals surface area (Å²) in [6.07, 6.45) is 5.13. The Kier molecular flexibility index (Phi) is 4.18. The lowest BCUT2D eigenvalue weighted by Crippen LogP contribution is -2.41. The number of imidazole rings is 1. The van der Waals surface area contributed by atoms with E-state index in [4.69, 9.17) is 0 Å². The first kappa shape index (κ1) is 12.6. The molecule has 0 radical (unpaired) electrons. The van der Waals surface area contributed by atoms with Crippen molar-refractivity contribution in [2.24, 2.45) is 13.0 Å². The Bertz CT molecular complexity index is 345. The minimum Gasteiger partial charge on any atom is -0.337 e. The van der Waals surface area contributed by atoms with Crippen LogP contribution < -0.4 is 5.32 Å². The van der Waals surface area contributed by atoms with Crippen molar-refractivity contribution in [3.05, 3.63) is 18.2 Å². The number of aromatic nitrogens is 2. The molecule has 4 nitrogen and oxygen atoms in total. The van der Waals surface area contributed by atoms with Gasteiger partial charge in [-0.2, -0.15) is 0 Å². The fourth-order valence-corrected chi connectivity index (χ4v) is 2.36. The van der Waals surface area contributed by atoms with E-state index in [1.807, 2.05) is 12.4 Å². The van der Waals surface area contributed by atoms with Crippen molar-refractivity contribution in [3.63, 3.8) is 0 Å². The molecule has 1 saturated heterocycles. The van der Waals surface area contributed by atoms with E-state index in [-0.39, 0.29) is 0 Å². The first-order valence-electron chi connectivity index (χ1n) is 6.58. The van der Waals surface area contributed by atoms with Crippen molar-refractivity contribution in [2.75, 3.05) is 19.6 Å². The second-order valence-electron chi connectivity index (χ2n) is 5.35. The number of hydrogen-bond acceptors (Lipinski definition) is 3. The van der Waals surface area contributed by atoms with E-state index in [0.717, 1.165) is 25.5 Å². The van der Waals surface area contributed by atoms with Gasteiger partial charge in [-0.15, -0.1) is 0 Å². The molecular formula is C13H24N4. The largest absolute Gasteiger partial charge is 0.337 e. The molecular weight excluding hydrogens is 212 g/mol. The Morgan fingerprint density at radius 1 is 1.53 bits per heavy atom. The van der Waals surface area contributed by atoms with E-state index in [9.17, 15) is 0 Å². The number of nitrogens with zero attached hydrogens (tertiary/aromatic N) is 3. The third-order valence-corrected chi connectivity index (χ3v) is 3.60. The highest BCUT2D eigenvalue weighted by molar-refractivity contribution is 4.92. The average Bonchev–Trinajstić information content (AvgIpc) is 2.55.